The molecule has 0 atom stereocenters. The summed E-state index contributed by atoms with van der Waals surface area (Å²) >= 11 is 10.8. The third-order valence-corrected chi connectivity index (χ3v) is 3.58. The molecule has 0 aromatic rings. The molecule has 0 saturated heterocycles. The highest BCUT2D eigenvalue weighted by molar-refractivity contribution is 6.27. The van der Waals surface area contributed by atoms with E-state index in [-0.39, 0.29) is 55.8 Å². The Kier molecular flexibility index (Phi) is 17.2. The Bertz CT molecular complexity index is 409. The van der Waals surface area contributed by atoms with Crippen LogP contribution in [0.4, 0.5) is 4.79 Å². The number of nitrogens with one attached hydrogen (secondary N) is 3. The van der Waals surface area contributed by atoms with Gasteiger partial charge in [0.25, 0.3) is 0 Å². The number of carbonyl (C=O) groups is 3. The van der Waals surface area contributed by atoms with E-state index in [4.69, 9.17) is 38.4 Å². The topological polar surface area (TPSA) is 135 Å². The highest BCUT2D eigenvalue weighted by Gasteiger charge is 2.13. The Hall–Kier alpha value is -1.33. The number of nitrogens with zero attached hydrogens (tertiary/aromatic N) is 1. The number of alkyl halides is 2. The van der Waals surface area contributed by atoms with Crippen molar-refractivity contribution < 1.29 is 23.9 Å². The zero-order chi connectivity index (χ0) is 20.3. The molecule has 10 nitrogen and oxygen atoms in total. The minimum atomic E-state index is -0.335. The maximum absolute atomic E-state index is 12.3. The summed E-state index contributed by atoms with van der Waals surface area (Å²) in [4.78, 5) is 36.1. The predicted molar refractivity (Wildman–Crippen MR) is 103 cm³/mol. The number of hydrogen-bond donors (Lipinski definition) is 4. The maximum atomic E-state index is 12.3. The first-order valence-corrected chi connectivity index (χ1v) is 9.65. The smallest absolute Gasteiger partial charge is 0.317 e. The number of ether oxygens (including phenoxy) is 2. The fraction of sp³-hybridized carbons (Fsp3) is 0.800. The Morgan fingerprint density at radius 2 is 1.30 bits per heavy atom. The molecule has 12 heteroatoms. The van der Waals surface area contributed by atoms with Crippen molar-refractivity contribution in [3.05, 3.63) is 0 Å². The van der Waals surface area contributed by atoms with Crippen LogP contribution in [0, 0.1) is 0 Å². The average molecular weight is 430 g/mol. The number of nitrogens with two attached hydrogens (primary N) is 1. The predicted octanol–water partition coefficient (Wildman–Crippen LogP) is -1.30. The monoisotopic (exact) mass is 429 g/mol. The molecule has 0 spiro atoms. The van der Waals surface area contributed by atoms with Gasteiger partial charge in [-0.05, 0) is 0 Å². The normalized spacial score (nSPS) is 10.3. The van der Waals surface area contributed by atoms with E-state index in [2.05, 4.69) is 16.0 Å². The third-order valence-electron chi connectivity index (χ3n) is 3.09. The molecule has 0 aromatic heterocycles. The lowest BCUT2D eigenvalue weighted by Crippen LogP contribution is -2.47. The van der Waals surface area contributed by atoms with Gasteiger partial charge in [0, 0.05) is 39.3 Å². The highest BCUT2D eigenvalue weighted by Crippen LogP contribution is 1.90. The van der Waals surface area contributed by atoms with Crippen LogP contribution < -0.4 is 21.7 Å². The summed E-state index contributed by atoms with van der Waals surface area (Å²) < 4.78 is 10.5. The molecule has 0 aliphatic heterocycles. The molecule has 0 aliphatic carbocycles. The number of urea groups is 1. The molecule has 0 rings (SSSR count). The Morgan fingerprint density at radius 1 is 0.778 bits per heavy atom. The van der Waals surface area contributed by atoms with Crippen molar-refractivity contribution in [3.8, 4) is 0 Å². The van der Waals surface area contributed by atoms with Crippen LogP contribution in [0.25, 0.3) is 0 Å². The summed E-state index contributed by atoms with van der Waals surface area (Å²) in [6, 6.07) is -0.335. The first-order valence-electron chi connectivity index (χ1n) is 8.58. The van der Waals surface area contributed by atoms with Crippen LogP contribution in [0.5, 0.6) is 0 Å². The van der Waals surface area contributed by atoms with Gasteiger partial charge in [-0.15, -0.1) is 23.2 Å². The van der Waals surface area contributed by atoms with Crippen molar-refractivity contribution in [1.29, 1.82) is 0 Å². The van der Waals surface area contributed by atoms with E-state index >= 15 is 0 Å². The van der Waals surface area contributed by atoms with Gasteiger partial charge >= 0.3 is 6.03 Å². The van der Waals surface area contributed by atoms with Crippen molar-refractivity contribution in [2.75, 3.05) is 77.5 Å². The fourth-order valence-corrected chi connectivity index (χ4v) is 2.01. The Labute approximate surface area is 169 Å². The second-order valence-electron chi connectivity index (χ2n) is 5.20. The first-order chi connectivity index (χ1) is 13.0. The molecule has 158 valence electrons. The van der Waals surface area contributed by atoms with Crippen LogP contribution in [0.1, 0.15) is 0 Å². The number of carbonyl (C=O) groups excluding carboxylic acids is 3. The summed E-state index contributed by atoms with van der Waals surface area (Å²) in [7, 11) is 0. The molecule has 0 unspecified atom stereocenters. The lowest BCUT2D eigenvalue weighted by molar-refractivity contribution is -0.119. The molecule has 0 radical (unpaired) electrons. The number of halogens is 2. The number of hydrogen-bond acceptors (Lipinski definition) is 6. The van der Waals surface area contributed by atoms with E-state index in [1.54, 1.807) is 0 Å². The lowest BCUT2D eigenvalue weighted by Gasteiger charge is -2.23. The minimum absolute atomic E-state index is 0.149. The second-order valence-corrected chi connectivity index (χ2v) is 5.73. The van der Waals surface area contributed by atoms with E-state index in [9.17, 15) is 14.4 Å². The van der Waals surface area contributed by atoms with Crippen molar-refractivity contribution >= 4 is 41.0 Å². The summed E-state index contributed by atoms with van der Waals surface area (Å²) in [6.45, 7) is 3.46. The van der Waals surface area contributed by atoms with Gasteiger partial charge in [-0.25, -0.2) is 4.79 Å². The molecule has 0 fully saturated rings. The van der Waals surface area contributed by atoms with Gasteiger partial charge < -0.3 is 36.1 Å². The van der Waals surface area contributed by atoms with E-state index in [0.29, 0.717) is 39.5 Å². The molecular formula is C15H29Cl2N5O5. The molecule has 27 heavy (non-hydrogen) atoms. The van der Waals surface area contributed by atoms with Gasteiger partial charge in [-0.2, -0.15) is 0 Å². The van der Waals surface area contributed by atoms with Gasteiger partial charge in [-0.1, -0.05) is 0 Å². The van der Waals surface area contributed by atoms with E-state index in [0.717, 1.165) is 0 Å². The average Bonchev–Trinajstić information content (AvgIpc) is 2.68. The third kappa shape index (κ3) is 15.4. The Balaban J connectivity index is 4.13. The molecule has 0 saturated carbocycles. The van der Waals surface area contributed by atoms with Crippen LogP contribution in [0.15, 0.2) is 0 Å². The molecule has 0 aliphatic rings. The summed E-state index contributed by atoms with van der Waals surface area (Å²) in [5.41, 5.74) is 5.29. The SMILES string of the molecule is NCCOCCOCCNC(=O)N(CCNC(=O)CCl)CCNC(=O)CCl. The van der Waals surface area contributed by atoms with Crippen LogP contribution in [0.3, 0.4) is 0 Å². The lowest BCUT2D eigenvalue weighted by atomic mass is 10.4. The van der Waals surface area contributed by atoms with E-state index < -0.39 is 0 Å². The van der Waals surface area contributed by atoms with Crippen molar-refractivity contribution in [2.24, 2.45) is 5.73 Å². The zero-order valence-electron chi connectivity index (χ0n) is 15.3. The van der Waals surface area contributed by atoms with Gasteiger partial charge in [0.2, 0.25) is 11.8 Å². The molecular weight excluding hydrogens is 401 g/mol. The summed E-state index contributed by atoms with van der Waals surface area (Å²) in [5, 5.41) is 7.87. The van der Waals surface area contributed by atoms with Gasteiger partial charge in [-0.3, -0.25) is 9.59 Å². The van der Waals surface area contributed by atoms with Crippen molar-refractivity contribution in [1.82, 2.24) is 20.9 Å². The maximum Gasteiger partial charge on any atom is 0.317 e. The van der Waals surface area contributed by atoms with E-state index in [1.807, 2.05) is 0 Å². The molecule has 0 bridgehead atoms. The second kappa shape index (κ2) is 18.1. The van der Waals surface area contributed by atoms with E-state index in [1.165, 1.54) is 4.90 Å². The van der Waals surface area contributed by atoms with Crippen LogP contribution in [-0.4, -0.2) is 100 Å². The van der Waals surface area contributed by atoms with Crippen LogP contribution >= 0.6 is 23.2 Å². The van der Waals surface area contributed by atoms with Crippen LogP contribution in [-0.2, 0) is 19.1 Å². The fourth-order valence-electron chi connectivity index (χ4n) is 1.82. The summed E-state index contributed by atoms with van der Waals surface area (Å²) in [5.74, 6) is -0.940. The van der Waals surface area contributed by atoms with Crippen molar-refractivity contribution in [2.45, 2.75) is 0 Å². The molecule has 0 aromatic carbocycles. The van der Waals surface area contributed by atoms with Gasteiger partial charge in [0.15, 0.2) is 0 Å². The van der Waals surface area contributed by atoms with Gasteiger partial charge in [0.05, 0.1) is 26.4 Å². The first kappa shape index (κ1) is 25.7. The minimum Gasteiger partial charge on any atom is -0.378 e. The summed E-state index contributed by atoms with van der Waals surface area (Å²) in [6.07, 6.45) is 0. The van der Waals surface area contributed by atoms with Crippen LogP contribution in [0.2, 0.25) is 0 Å². The zero-order valence-corrected chi connectivity index (χ0v) is 16.8. The van der Waals surface area contributed by atoms with Crippen molar-refractivity contribution in [3.63, 3.8) is 0 Å². The molecule has 5 N–H and O–H groups in total. The largest absolute Gasteiger partial charge is 0.378 e. The number of rotatable bonds is 16. The Morgan fingerprint density at radius 3 is 1.78 bits per heavy atom. The standard InChI is InChI=1S/C15H29Cl2N5O5/c16-11-13(23)19-2-5-22(6-3-20-14(24)12-17)15(25)21-4-8-27-10-9-26-7-1-18/h1-12,18H2,(H,19,23)(H,20,24)(H,21,25). The molecule has 4 amide bonds. The highest BCUT2D eigenvalue weighted by atomic mass is 35.5. The number of amides is 4. The van der Waals surface area contributed by atoms with Gasteiger partial charge in [0.1, 0.15) is 11.8 Å². The molecule has 0 heterocycles. The quantitative estimate of drug-likeness (QED) is 0.178.